The highest BCUT2D eigenvalue weighted by Gasteiger charge is 2.04. The minimum Gasteiger partial charge on any atom is -0.330 e. The van der Waals surface area contributed by atoms with Gasteiger partial charge in [-0.05, 0) is 35.5 Å². The fraction of sp³-hybridized carbons (Fsp3) is 0.167. The van der Waals surface area contributed by atoms with Crippen molar-refractivity contribution in [1.29, 1.82) is 0 Å². The smallest absolute Gasteiger partial charge is 0.0375 e. The molecule has 0 fully saturated rings. The Morgan fingerprint density at radius 1 is 1.07 bits per heavy atom. The number of thiophene rings is 1. The van der Waals surface area contributed by atoms with Gasteiger partial charge in [-0.2, -0.15) is 0 Å². The summed E-state index contributed by atoms with van der Waals surface area (Å²) in [5, 5.41) is 2.13. The van der Waals surface area contributed by atoms with E-state index in [-0.39, 0.29) is 0 Å². The first kappa shape index (κ1) is 9.44. The first-order valence-electron chi connectivity index (χ1n) is 4.73. The lowest BCUT2D eigenvalue weighted by Crippen LogP contribution is -2.02. The van der Waals surface area contributed by atoms with Crippen LogP contribution in [0.3, 0.4) is 0 Å². The maximum absolute atomic E-state index is 5.57. The molecular formula is C12H13NS. The van der Waals surface area contributed by atoms with E-state index in [0.29, 0.717) is 0 Å². The average molecular weight is 203 g/mol. The molecule has 1 aromatic carbocycles. The van der Waals surface area contributed by atoms with Gasteiger partial charge in [0.05, 0.1) is 0 Å². The van der Waals surface area contributed by atoms with Crippen LogP contribution in [0.4, 0.5) is 0 Å². The molecule has 0 radical (unpaired) electrons. The molecule has 1 heterocycles. The highest BCUT2D eigenvalue weighted by atomic mass is 32.1. The van der Waals surface area contributed by atoms with Crippen LogP contribution < -0.4 is 5.73 Å². The zero-order valence-electron chi connectivity index (χ0n) is 7.94. The molecule has 0 spiro atoms. The Kier molecular flexibility index (Phi) is 2.96. The van der Waals surface area contributed by atoms with Crippen LogP contribution in [0.5, 0.6) is 0 Å². The third-order valence-corrected chi connectivity index (χ3v) is 3.20. The van der Waals surface area contributed by atoms with Crippen LogP contribution in [-0.4, -0.2) is 6.54 Å². The first-order valence-corrected chi connectivity index (χ1v) is 5.61. The topological polar surface area (TPSA) is 26.0 Å². The largest absolute Gasteiger partial charge is 0.330 e. The zero-order chi connectivity index (χ0) is 9.80. The van der Waals surface area contributed by atoms with Gasteiger partial charge in [0.2, 0.25) is 0 Å². The molecule has 0 aliphatic heterocycles. The highest BCUT2D eigenvalue weighted by Crippen LogP contribution is 2.29. The molecule has 0 bridgehead atoms. The molecule has 0 aliphatic rings. The van der Waals surface area contributed by atoms with Crippen LogP contribution in [0.1, 0.15) is 5.56 Å². The van der Waals surface area contributed by atoms with Gasteiger partial charge in [-0.25, -0.2) is 0 Å². The highest BCUT2D eigenvalue weighted by molar-refractivity contribution is 7.13. The van der Waals surface area contributed by atoms with E-state index in [1.165, 1.54) is 16.0 Å². The van der Waals surface area contributed by atoms with E-state index in [9.17, 15) is 0 Å². The average Bonchev–Trinajstić information content (AvgIpc) is 2.68. The van der Waals surface area contributed by atoms with Gasteiger partial charge >= 0.3 is 0 Å². The molecule has 0 amide bonds. The molecule has 2 heteroatoms. The van der Waals surface area contributed by atoms with Gasteiger partial charge in [-0.1, -0.05) is 30.3 Å². The maximum Gasteiger partial charge on any atom is 0.0375 e. The van der Waals surface area contributed by atoms with E-state index >= 15 is 0 Å². The van der Waals surface area contributed by atoms with Crippen molar-refractivity contribution in [3.05, 3.63) is 47.3 Å². The van der Waals surface area contributed by atoms with Crippen LogP contribution in [0.15, 0.2) is 41.8 Å². The van der Waals surface area contributed by atoms with Crippen molar-refractivity contribution in [2.75, 3.05) is 6.54 Å². The Hall–Kier alpha value is -1.12. The Bertz CT molecular complexity index is 392. The second-order valence-corrected chi connectivity index (χ2v) is 4.10. The van der Waals surface area contributed by atoms with Gasteiger partial charge in [0.25, 0.3) is 0 Å². The molecule has 2 rings (SSSR count). The predicted octanol–water partition coefficient (Wildman–Crippen LogP) is 2.92. The summed E-state index contributed by atoms with van der Waals surface area (Å²) >= 11 is 1.79. The standard InChI is InChI=1S/C12H13NS/c13-8-6-11-7-9-14-12(11)10-4-2-1-3-5-10/h1-5,7,9H,6,8,13H2. The molecule has 72 valence electrons. The lowest BCUT2D eigenvalue weighted by molar-refractivity contribution is 0.976. The Morgan fingerprint density at radius 2 is 1.86 bits per heavy atom. The van der Waals surface area contributed by atoms with Crippen LogP contribution >= 0.6 is 11.3 Å². The van der Waals surface area contributed by atoms with E-state index in [0.717, 1.165) is 13.0 Å². The quantitative estimate of drug-likeness (QED) is 0.815. The number of nitrogens with two attached hydrogens (primary N) is 1. The molecular weight excluding hydrogens is 190 g/mol. The minimum absolute atomic E-state index is 0.719. The van der Waals surface area contributed by atoms with Crippen molar-refractivity contribution in [3.63, 3.8) is 0 Å². The Morgan fingerprint density at radius 3 is 2.57 bits per heavy atom. The number of hydrogen-bond donors (Lipinski definition) is 1. The maximum atomic E-state index is 5.57. The SMILES string of the molecule is NCCc1ccsc1-c1ccccc1. The molecule has 0 atom stereocenters. The summed E-state index contributed by atoms with van der Waals surface area (Å²) in [7, 11) is 0. The summed E-state index contributed by atoms with van der Waals surface area (Å²) < 4.78 is 0. The van der Waals surface area contributed by atoms with Gasteiger partial charge in [-0.15, -0.1) is 11.3 Å². The fourth-order valence-corrected chi connectivity index (χ4v) is 2.49. The Balaban J connectivity index is 2.37. The van der Waals surface area contributed by atoms with E-state index in [1.807, 2.05) is 6.07 Å². The van der Waals surface area contributed by atoms with Gasteiger partial charge in [0, 0.05) is 4.88 Å². The molecule has 14 heavy (non-hydrogen) atoms. The van der Waals surface area contributed by atoms with Crippen LogP contribution in [-0.2, 0) is 6.42 Å². The van der Waals surface area contributed by atoms with Gasteiger partial charge in [0.1, 0.15) is 0 Å². The third kappa shape index (κ3) is 1.86. The molecule has 2 aromatic rings. The summed E-state index contributed by atoms with van der Waals surface area (Å²) in [5.41, 5.74) is 8.23. The molecule has 0 saturated carbocycles. The minimum atomic E-state index is 0.719. The van der Waals surface area contributed by atoms with Crippen molar-refractivity contribution in [3.8, 4) is 10.4 Å². The second kappa shape index (κ2) is 4.40. The lowest BCUT2D eigenvalue weighted by atomic mass is 10.1. The van der Waals surface area contributed by atoms with E-state index in [2.05, 4.69) is 35.7 Å². The van der Waals surface area contributed by atoms with Crippen molar-refractivity contribution in [2.24, 2.45) is 5.73 Å². The summed E-state index contributed by atoms with van der Waals surface area (Å²) in [6.45, 7) is 0.719. The molecule has 0 unspecified atom stereocenters. The number of benzene rings is 1. The normalized spacial score (nSPS) is 10.4. The summed E-state index contributed by atoms with van der Waals surface area (Å²) in [6, 6.07) is 12.6. The molecule has 0 saturated heterocycles. The molecule has 1 nitrogen and oxygen atoms in total. The summed E-state index contributed by atoms with van der Waals surface area (Å²) in [5.74, 6) is 0. The monoisotopic (exact) mass is 203 g/mol. The van der Waals surface area contributed by atoms with Gasteiger partial charge < -0.3 is 5.73 Å². The number of rotatable bonds is 3. The second-order valence-electron chi connectivity index (χ2n) is 3.18. The van der Waals surface area contributed by atoms with Gasteiger partial charge in [0.15, 0.2) is 0 Å². The predicted molar refractivity (Wildman–Crippen MR) is 62.5 cm³/mol. The molecule has 1 aromatic heterocycles. The Labute approximate surface area is 88.2 Å². The van der Waals surface area contributed by atoms with Crippen molar-refractivity contribution >= 4 is 11.3 Å². The van der Waals surface area contributed by atoms with Crippen LogP contribution in [0.25, 0.3) is 10.4 Å². The van der Waals surface area contributed by atoms with Gasteiger partial charge in [-0.3, -0.25) is 0 Å². The molecule has 2 N–H and O–H groups in total. The summed E-state index contributed by atoms with van der Waals surface area (Å²) in [6.07, 6.45) is 0.966. The van der Waals surface area contributed by atoms with Crippen molar-refractivity contribution in [2.45, 2.75) is 6.42 Å². The van der Waals surface area contributed by atoms with E-state index < -0.39 is 0 Å². The van der Waals surface area contributed by atoms with E-state index in [1.54, 1.807) is 11.3 Å². The van der Waals surface area contributed by atoms with Crippen molar-refractivity contribution in [1.82, 2.24) is 0 Å². The van der Waals surface area contributed by atoms with E-state index in [4.69, 9.17) is 5.73 Å². The number of hydrogen-bond acceptors (Lipinski definition) is 2. The molecule has 0 aliphatic carbocycles. The summed E-state index contributed by atoms with van der Waals surface area (Å²) in [4.78, 5) is 1.36. The lowest BCUT2D eigenvalue weighted by Gasteiger charge is -2.01. The zero-order valence-corrected chi connectivity index (χ0v) is 8.76. The first-order chi connectivity index (χ1) is 6.92. The fourth-order valence-electron chi connectivity index (χ4n) is 1.53. The third-order valence-electron chi connectivity index (χ3n) is 2.20. The van der Waals surface area contributed by atoms with Crippen LogP contribution in [0, 0.1) is 0 Å². The van der Waals surface area contributed by atoms with Crippen molar-refractivity contribution < 1.29 is 0 Å². The van der Waals surface area contributed by atoms with Crippen LogP contribution in [0.2, 0.25) is 0 Å².